The molecular formula is C15H23NO3. The number of hydrogen-bond donors (Lipinski definition) is 1. The van der Waals surface area contributed by atoms with Crippen LogP contribution in [-0.4, -0.2) is 31.8 Å². The van der Waals surface area contributed by atoms with Gasteiger partial charge in [-0.15, -0.1) is 0 Å². The molecular weight excluding hydrogens is 242 g/mol. The van der Waals surface area contributed by atoms with E-state index in [0.717, 1.165) is 17.9 Å². The lowest BCUT2D eigenvalue weighted by molar-refractivity contribution is -0.146. The van der Waals surface area contributed by atoms with Crippen molar-refractivity contribution in [3.8, 4) is 5.75 Å². The molecule has 1 aromatic rings. The van der Waals surface area contributed by atoms with Crippen molar-refractivity contribution in [2.24, 2.45) is 5.41 Å². The second kappa shape index (κ2) is 5.95. The molecule has 0 saturated carbocycles. The molecule has 0 amide bonds. The van der Waals surface area contributed by atoms with Crippen molar-refractivity contribution in [1.29, 1.82) is 0 Å². The van der Waals surface area contributed by atoms with Gasteiger partial charge in [-0.25, -0.2) is 0 Å². The molecule has 0 fully saturated rings. The normalized spacial score (nSPS) is 11.2. The van der Waals surface area contributed by atoms with E-state index in [1.165, 1.54) is 5.56 Å². The summed E-state index contributed by atoms with van der Waals surface area (Å²) in [4.78, 5) is 13.1. The minimum atomic E-state index is -0.804. The Morgan fingerprint density at radius 2 is 2.05 bits per heavy atom. The molecule has 0 heterocycles. The number of methoxy groups -OCH3 is 1. The van der Waals surface area contributed by atoms with Gasteiger partial charge in [0.1, 0.15) is 5.75 Å². The van der Waals surface area contributed by atoms with E-state index in [9.17, 15) is 9.90 Å². The highest BCUT2D eigenvalue weighted by Crippen LogP contribution is 2.31. The van der Waals surface area contributed by atoms with Crippen molar-refractivity contribution in [2.45, 2.75) is 27.2 Å². The van der Waals surface area contributed by atoms with Crippen molar-refractivity contribution in [2.75, 3.05) is 25.6 Å². The lowest BCUT2D eigenvalue weighted by Crippen LogP contribution is -2.37. The molecule has 1 N–H and O–H groups in total. The number of benzene rings is 1. The maximum Gasteiger partial charge on any atom is 0.310 e. The van der Waals surface area contributed by atoms with Crippen LogP contribution >= 0.6 is 0 Å². The summed E-state index contributed by atoms with van der Waals surface area (Å²) in [5, 5.41) is 9.21. The molecule has 0 aliphatic rings. The summed E-state index contributed by atoms with van der Waals surface area (Å²) in [5.41, 5.74) is 1.33. The second-order valence-corrected chi connectivity index (χ2v) is 5.40. The van der Waals surface area contributed by atoms with Gasteiger partial charge in [0.15, 0.2) is 0 Å². The Morgan fingerprint density at radius 3 is 2.53 bits per heavy atom. The molecule has 0 aliphatic heterocycles. The van der Waals surface area contributed by atoms with Crippen LogP contribution in [-0.2, 0) is 11.2 Å². The maximum atomic E-state index is 11.2. The molecule has 19 heavy (non-hydrogen) atoms. The van der Waals surface area contributed by atoms with E-state index in [0.29, 0.717) is 6.54 Å². The number of nitrogens with zero attached hydrogens (tertiary/aromatic N) is 1. The first kappa shape index (κ1) is 15.3. The van der Waals surface area contributed by atoms with Gasteiger partial charge in [-0.3, -0.25) is 4.79 Å². The van der Waals surface area contributed by atoms with E-state index in [-0.39, 0.29) is 0 Å². The van der Waals surface area contributed by atoms with Crippen LogP contribution < -0.4 is 9.64 Å². The van der Waals surface area contributed by atoms with Crippen LogP contribution in [0, 0.1) is 5.41 Å². The molecule has 106 valence electrons. The van der Waals surface area contributed by atoms with Gasteiger partial charge < -0.3 is 14.7 Å². The summed E-state index contributed by atoms with van der Waals surface area (Å²) in [5.74, 6) is -0.0362. The average Bonchev–Trinajstić information content (AvgIpc) is 2.37. The highest BCUT2D eigenvalue weighted by atomic mass is 16.5. The molecule has 0 atom stereocenters. The number of hydrogen-bond acceptors (Lipinski definition) is 3. The molecule has 0 spiro atoms. The maximum absolute atomic E-state index is 11.2. The number of carbonyl (C=O) groups is 1. The van der Waals surface area contributed by atoms with Crippen molar-refractivity contribution in [3.63, 3.8) is 0 Å². The zero-order valence-corrected chi connectivity index (χ0v) is 12.4. The van der Waals surface area contributed by atoms with Gasteiger partial charge in [0.2, 0.25) is 0 Å². The van der Waals surface area contributed by atoms with Gasteiger partial charge >= 0.3 is 5.97 Å². The highest BCUT2D eigenvalue weighted by molar-refractivity contribution is 5.75. The summed E-state index contributed by atoms with van der Waals surface area (Å²) in [6, 6.07) is 6.01. The van der Waals surface area contributed by atoms with Crippen molar-refractivity contribution in [3.05, 3.63) is 23.8 Å². The molecule has 0 bridgehead atoms. The number of carboxylic acids is 1. The zero-order chi connectivity index (χ0) is 14.6. The van der Waals surface area contributed by atoms with Crippen LogP contribution in [0.15, 0.2) is 18.2 Å². The van der Waals surface area contributed by atoms with E-state index in [1.54, 1.807) is 21.0 Å². The predicted octanol–water partition coefficient (Wildman–Crippen LogP) is 2.80. The van der Waals surface area contributed by atoms with Crippen molar-refractivity contribution >= 4 is 11.7 Å². The molecule has 0 saturated heterocycles. The number of aryl methyl sites for hydroxylation is 1. The van der Waals surface area contributed by atoms with Crippen LogP contribution in [0.4, 0.5) is 5.69 Å². The summed E-state index contributed by atoms with van der Waals surface area (Å²) in [6.45, 7) is 5.96. The molecule has 0 unspecified atom stereocenters. The Balaban J connectivity index is 3.04. The van der Waals surface area contributed by atoms with E-state index < -0.39 is 11.4 Å². The number of aliphatic carboxylic acids is 1. The zero-order valence-electron chi connectivity index (χ0n) is 12.4. The van der Waals surface area contributed by atoms with Gasteiger partial charge in [-0.1, -0.05) is 13.0 Å². The molecule has 0 aromatic heterocycles. The van der Waals surface area contributed by atoms with E-state index >= 15 is 0 Å². The van der Waals surface area contributed by atoms with Gasteiger partial charge in [0, 0.05) is 13.6 Å². The first-order chi connectivity index (χ1) is 8.81. The monoisotopic (exact) mass is 265 g/mol. The first-order valence-electron chi connectivity index (χ1n) is 6.43. The Hall–Kier alpha value is -1.71. The quantitative estimate of drug-likeness (QED) is 0.859. The smallest absolute Gasteiger partial charge is 0.310 e. The van der Waals surface area contributed by atoms with E-state index in [4.69, 9.17) is 4.74 Å². The molecule has 1 aromatic carbocycles. The minimum Gasteiger partial charge on any atom is -0.495 e. The Kier molecular flexibility index (Phi) is 4.81. The first-order valence-corrected chi connectivity index (χ1v) is 6.43. The topological polar surface area (TPSA) is 49.8 Å². The second-order valence-electron chi connectivity index (χ2n) is 5.40. The van der Waals surface area contributed by atoms with Gasteiger partial charge in [-0.2, -0.15) is 0 Å². The standard InChI is InChI=1S/C15H23NO3/c1-6-11-7-8-13(19-5)12(9-11)16(4)10-15(2,3)14(17)18/h7-9H,6,10H2,1-5H3,(H,17,18). The number of carboxylic acid groups (broad SMARTS) is 1. The fraction of sp³-hybridized carbons (Fsp3) is 0.533. The Labute approximate surface area is 115 Å². The van der Waals surface area contributed by atoms with Crippen molar-refractivity contribution in [1.82, 2.24) is 0 Å². The average molecular weight is 265 g/mol. The highest BCUT2D eigenvalue weighted by Gasteiger charge is 2.29. The van der Waals surface area contributed by atoms with Gasteiger partial charge in [0.05, 0.1) is 18.2 Å². The molecule has 0 radical (unpaired) electrons. The molecule has 4 heteroatoms. The third kappa shape index (κ3) is 3.63. The molecule has 1 rings (SSSR count). The molecule has 4 nitrogen and oxygen atoms in total. The molecule has 0 aliphatic carbocycles. The summed E-state index contributed by atoms with van der Waals surface area (Å²) < 4.78 is 5.35. The number of anilines is 1. The SMILES string of the molecule is CCc1ccc(OC)c(N(C)CC(C)(C)C(=O)O)c1. The number of ether oxygens (including phenoxy) is 1. The van der Waals surface area contributed by atoms with Crippen molar-refractivity contribution < 1.29 is 14.6 Å². The number of rotatable bonds is 6. The van der Waals surface area contributed by atoms with Gasteiger partial charge in [-0.05, 0) is 38.0 Å². The third-order valence-electron chi connectivity index (χ3n) is 3.27. The van der Waals surface area contributed by atoms with Crippen LogP contribution in [0.25, 0.3) is 0 Å². The van der Waals surface area contributed by atoms with Crippen LogP contribution in [0.3, 0.4) is 0 Å². The lowest BCUT2D eigenvalue weighted by atomic mass is 9.93. The lowest BCUT2D eigenvalue weighted by Gasteiger charge is -2.29. The minimum absolute atomic E-state index is 0.422. The fourth-order valence-electron chi connectivity index (χ4n) is 2.00. The Bertz CT molecular complexity index is 455. The largest absolute Gasteiger partial charge is 0.495 e. The van der Waals surface area contributed by atoms with Crippen LogP contribution in [0.1, 0.15) is 26.3 Å². The third-order valence-corrected chi connectivity index (χ3v) is 3.27. The summed E-state index contributed by atoms with van der Waals surface area (Å²) in [6.07, 6.45) is 0.938. The Morgan fingerprint density at radius 1 is 1.42 bits per heavy atom. The van der Waals surface area contributed by atoms with Crippen LogP contribution in [0.2, 0.25) is 0 Å². The predicted molar refractivity (Wildman–Crippen MR) is 77.1 cm³/mol. The van der Waals surface area contributed by atoms with E-state index in [2.05, 4.69) is 13.0 Å². The van der Waals surface area contributed by atoms with Crippen LogP contribution in [0.5, 0.6) is 5.75 Å². The van der Waals surface area contributed by atoms with E-state index in [1.807, 2.05) is 24.1 Å². The summed E-state index contributed by atoms with van der Waals surface area (Å²) in [7, 11) is 3.52. The summed E-state index contributed by atoms with van der Waals surface area (Å²) >= 11 is 0. The van der Waals surface area contributed by atoms with Gasteiger partial charge in [0.25, 0.3) is 0 Å². The fourth-order valence-corrected chi connectivity index (χ4v) is 2.00.